The second-order valence-electron chi connectivity index (χ2n) is 3.84. The number of pyridine rings is 1. The number of carbonyl (C=O) groups is 1. The zero-order chi connectivity index (χ0) is 13.4. The Bertz CT molecular complexity index is 747. The molecule has 0 N–H and O–H groups in total. The summed E-state index contributed by atoms with van der Waals surface area (Å²) in [6.45, 7) is 0. The third-order valence-corrected chi connectivity index (χ3v) is 3.03. The Hall–Kier alpha value is -2.27. The number of ether oxygens (including phenoxy) is 1. The van der Waals surface area contributed by atoms with E-state index < -0.39 is 5.97 Å². The van der Waals surface area contributed by atoms with Crippen molar-refractivity contribution in [3.63, 3.8) is 0 Å². The molecule has 3 rings (SSSR count). The minimum absolute atomic E-state index is 0.229. The first-order valence-electron chi connectivity index (χ1n) is 5.51. The number of hydrogen-bond donors (Lipinski definition) is 0. The number of halogens is 1. The van der Waals surface area contributed by atoms with Gasteiger partial charge in [0.05, 0.1) is 24.5 Å². The molecule has 0 saturated heterocycles. The molecule has 3 aromatic rings. The van der Waals surface area contributed by atoms with Gasteiger partial charge in [-0.3, -0.25) is 4.40 Å². The monoisotopic (exact) mass is 276 g/mol. The lowest BCUT2D eigenvalue weighted by Gasteiger charge is -2.03. The average Bonchev–Trinajstić information content (AvgIpc) is 3.06. The molecule has 6 heteroatoms. The van der Waals surface area contributed by atoms with Crippen molar-refractivity contribution in [2.75, 3.05) is 7.11 Å². The molecule has 3 heterocycles. The van der Waals surface area contributed by atoms with Crippen LogP contribution >= 0.6 is 11.6 Å². The molecule has 5 nitrogen and oxygen atoms in total. The number of methoxy groups -OCH3 is 1. The van der Waals surface area contributed by atoms with Crippen molar-refractivity contribution in [2.24, 2.45) is 0 Å². The maximum Gasteiger partial charge on any atom is 0.340 e. The van der Waals surface area contributed by atoms with Gasteiger partial charge in [0.1, 0.15) is 0 Å². The van der Waals surface area contributed by atoms with Crippen LogP contribution in [0, 0.1) is 0 Å². The Morgan fingerprint density at radius 1 is 1.42 bits per heavy atom. The minimum atomic E-state index is -0.460. The first-order valence-corrected chi connectivity index (χ1v) is 5.89. The van der Waals surface area contributed by atoms with Gasteiger partial charge < -0.3 is 9.15 Å². The van der Waals surface area contributed by atoms with Gasteiger partial charge in [-0.25, -0.2) is 9.78 Å². The maximum absolute atomic E-state index is 11.7. The van der Waals surface area contributed by atoms with E-state index in [1.54, 1.807) is 41.1 Å². The molecular weight excluding hydrogens is 268 g/mol. The predicted octanol–water partition coefficient (Wildman–Crippen LogP) is 3.03. The molecule has 96 valence electrons. The van der Waals surface area contributed by atoms with Crippen LogP contribution in [-0.4, -0.2) is 22.5 Å². The van der Waals surface area contributed by atoms with Crippen molar-refractivity contribution < 1.29 is 13.9 Å². The van der Waals surface area contributed by atoms with Crippen LogP contribution in [0.2, 0.25) is 5.15 Å². The van der Waals surface area contributed by atoms with Crippen molar-refractivity contribution in [3.05, 3.63) is 47.4 Å². The number of hydrogen-bond acceptors (Lipinski definition) is 4. The van der Waals surface area contributed by atoms with E-state index in [1.165, 1.54) is 7.11 Å². The van der Waals surface area contributed by atoms with Gasteiger partial charge in [0.2, 0.25) is 0 Å². The van der Waals surface area contributed by atoms with E-state index in [4.69, 9.17) is 20.8 Å². The summed E-state index contributed by atoms with van der Waals surface area (Å²) in [5.41, 5.74) is 0.864. The van der Waals surface area contributed by atoms with Crippen LogP contribution in [0.4, 0.5) is 0 Å². The summed E-state index contributed by atoms with van der Waals surface area (Å²) in [6.07, 6.45) is 3.31. The highest BCUT2D eigenvalue weighted by Crippen LogP contribution is 2.28. The molecule has 3 aromatic heterocycles. The Balaban J connectivity index is 2.32. The second kappa shape index (κ2) is 4.44. The van der Waals surface area contributed by atoms with Gasteiger partial charge in [-0.1, -0.05) is 11.6 Å². The molecule has 0 spiro atoms. The lowest BCUT2D eigenvalue weighted by atomic mass is 10.2. The van der Waals surface area contributed by atoms with Crippen LogP contribution in [-0.2, 0) is 4.74 Å². The molecular formula is C13H9ClN2O3. The zero-order valence-electron chi connectivity index (χ0n) is 9.96. The molecule has 0 fully saturated rings. The van der Waals surface area contributed by atoms with E-state index in [9.17, 15) is 4.79 Å². The quantitative estimate of drug-likeness (QED) is 0.675. The standard InChI is InChI=1S/C13H9ClN2O3/c1-18-13(17)8-4-2-6-16-10(8)11(14)15-12(16)9-5-3-7-19-9/h2-7H,1H3. The van der Waals surface area contributed by atoms with E-state index in [2.05, 4.69) is 4.98 Å². The number of carbonyl (C=O) groups excluding carboxylic acids is 1. The van der Waals surface area contributed by atoms with Crippen molar-refractivity contribution >= 4 is 23.1 Å². The van der Waals surface area contributed by atoms with Crippen molar-refractivity contribution in [1.82, 2.24) is 9.38 Å². The molecule has 0 atom stereocenters. The van der Waals surface area contributed by atoms with Crippen LogP contribution in [0.3, 0.4) is 0 Å². The van der Waals surface area contributed by atoms with Gasteiger partial charge >= 0.3 is 5.97 Å². The number of imidazole rings is 1. The summed E-state index contributed by atoms with van der Waals surface area (Å²) in [6, 6.07) is 6.90. The van der Waals surface area contributed by atoms with Crippen LogP contribution in [0.25, 0.3) is 17.1 Å². The summed E-state index contributed by atoms with van der Waals surface area (Å²) >= 11 is 6.12. The largest absolute Gasteiger partial charge is 0.465 e. The Labute approximate surface area is 113 Å². The Morgan fingerprint density at radius 3 is 2.95 bits per heavy atom. The number of aromatic nitrogens is 2. The summed E-state index contributed by atoms with van der Waals surface area (Å²) in [7, 11) is 1.32. The van der Waals surface area contributed by atoms with Gasteiger partial charge in [0, 0.05) is 6.20 Å². The van der Waals surface area contributed by atoms with Crippen LogP contribution in [0.1, 0.15) is 10.4 Å². The fraction of sp³-hybridized carbons (Fsp3) is 0.0769. The fourth-order valence-electron chi connectivity index (χ4n) is 1.95. The highest BCUT2D eigenvalue weighted by Gasteiger charge is 2.19. The third kappa shape index (κ3) is 1.79. The van der Waals surface area contributed by atoms with Crippen LogP contribution < -0.4 is 0 Å². The number of furan rings is 1. The van der Waals surface area contributed by atoms with Crippen LogP contribution in [0.5, 0.6) is 0 Å². The summed E-state index contributed by atoms with van der Waals surface area (Å²) in [5.74, 6) is 0.651. The molecule has 0 aliphatic carbocycles. The number of nitrogens with zero attached hydrogens (tertiary/aromatic N) is 2. The van der Waals surface area contributed by atoms with E-state index in [0.717, 1.165) is 0 Å². The molecule has 0 unspecified atom stereocenters. The highest BCUT2D eigenvalue weighted by atomic mass is 35.5. The van der Waals surface area contributed by atoms with Crippen molar-refractivity contribution in [3.8, 4) is 11.6 Å². The second-order valence-corrected chi connectivity index (χ2v) is 4.19. The lowest BCUT2D eigenvalue weighted by Crippen LogP contribution is -2.03. The molecule has 0 amide bonds. The van der Waals surface area contributed by atoms with Crippen LogP contribution in [0.15, 0.2) is 41.1 Å². The Morgan fingerprint density at radius 2 is 2.26 bits per heavy atom. The number of rotatable bonds is 2. The van der Waals surface area contributed by atoms with E-state index in [-0.39, 0.29) is 5.15 Å². The minimum Gasteiger partial charge on any atom is -0.465 e. The van der Waals surface area contributed by atoms with E-state index in [0.29, 0.717) is 22.7 Å². The van der Waals surface area contributed by atoms with Gasteiger partial charge in [0.15, 0.2) is 16.7 Å². The topological polar surface area (TPSA) is 56.7 Å². The van der Waals surface area contributed by atoms with E-state index in [1.807, 2.05) is 0 Å². The zero-order valence-corrected chi connectivity index (χ0v) is 10.7. The maximum atomic E-state index is 11.7. The molecule has 0 aromatic carbocycles. The Kier molecular flexibility index (Phi) is 2.76. The highest BCUT2D eigenvalue weighted by molar-refractivity contribution is 6.33. The van der Waals surface area contributed by atoms with Gasteiger partial charge in [-0.05, 0) is 24.3 Å². The smallest absolute Gasteiger partial charge is 0.340 e. The summed E-state index contributed by atoms with van der Waals surface area (Å²) < 4.78 is 11.7. The number of fused-ring (bicyclic) bond motifs is 1. The molecule has 0 saturated carbocycles. The average molecular weight is 277 g/mol. The normalized spacial score (nSPS) is 10.8. The van der Waals surface area contributed by atoms with Crippen molar-refractivity contribution in [1.29, 1.82) is 0 Å². The summed E-state index contributed by atoms with van der Waals surface area (Å²) in [5, 5.41) is 0.229. The molecule has 0 aliphatic heterocycles. The molecule has 0 aliphatic rings. The first kappa shape index (κ1) is 11.8. The van der Waals surface area contributed by atoms with Gasteiger partial charge in [-0.15, -0.1) is 0 Å². The molecule has 0 bridgehead atoms. The van der Waals surface area contributed by atoms with Gasteiger partial charge in [0.25, 0.3) is 0 Å². The lowest BCUT2D eigenvalue weighted by molar-refractivity contribution is 0.0602. The number of esters is 1. The summed E-state index contributed by atoms with van der Waals surface area (Å²) in [4.78, 5) is 16.0. The van der Waals surface area contributed by atoms with E-state index >= 15 is 0 Å². The van der Waals surface area contributed by atoms with Gasteiger partial charge in [-0.2, -0.15) is 0 Å². The van der Waals surface area contributed by atoms with Crippen molar-refractivity contribution in [2.45, 2.75) is 0 Å². The first-order chi connectivity index (χ1) is 9.22. The predicted molar refractivity (Wildman–Crippen MR) is 69.2 cm³/mol. The molecule has 0 radical (unpaired) electrons. The fourth-order valence-corrected chi connectivity index (χ4v) is 2.22. The SMILES string of the molecule is COC(=O)c1cccn2c(-c3ccco3)nc(Cl)c12. The third-order valence-electron chi connectivity index (χ3n) is 2.77. The molecule has 19 heavy (non-hydrogen) atoms.